The lowest BCUT2D eigenvalue weighted by Gasteiger charge is -2.33. The minimum Gasteiger partial charge on any atom is -0.501 e. The molecule has 2 amide bonds. The van der Waals surface area contributed by atoms with E-state index < -0.39 is 33.1 Å². The van der Waals surface area contributed by atoms with Crippen molar-refractivity contribution in [3.05, 3.63) is 81.0 Å². The number of fused-ring (bicyclic) bond motifs is 1. The highest BCUT2D eigenvalue weighted by atomic mass is 35.5. The van der Waals surface area contributed by atoms with Gasteiger partial charge >= 0.3 is 5.56 Å². The molecule has 11 nitrogen and oxygen atoms in total. The summed E-state index contributed by atoms with van der Waals surface area (Å²) in [5.74, 6) is -1.72. The number of sulfone groups is 1. The van der Waals surface area contributed by atoms with Crippen molar-refractivity contribution in [1.29, 1.82) is 5.26 Å². The van der Waals surface area contributed by atoms with Crippen LogP contribution in [0, 0.1) is 11.3 Å². The van der Waals surface area contributed by atoms with Crippen molar-refractivity contribution in [3.8, 4) is 11.8 Å². The first-order valence-corrected chi connectivity index (χ1v) is 16.1. The lowest BCUT2D eigenvalue weighted by atomic mass is 10.1. The standard InChI is InChI=1S/C28H26ClN5O6S2/c29-20-4-1-2-6-22(20)41-17-23(35)33-11-3-5-21(33)26-31-27(37)25(36)24-28(38)32(12-13-34(24)26)14-15-42(39,40)19-9-7-18(16-30)8-10-19/h1-2,4,6-10,21,36H,3,5,11-15,17H2. The Hall–Kier alpha value is -3.86. The largest absolute Gasteiger partial charge is 0.501 e. The Bertz CT molecular complexity index is 1750. The van der Waals surface area contributed by atoms with E-state index in [1.807, 2.05) is 18.2 Å². The topological polar surface area (TPSA) is 154 Å². The molecule has 1 N–H and O–H groups in total. The first-order valence-electron chi connectivity index (χ1n) is 13.1. The highest BCUT2D eigenvalue weighted by molar-refractivity contribution is 8.00. The Morgan fingerprint density at radius 2 is 1.86 bits per heavy atom. The van der Waals surface area contributed by atoms with Gasteiger partial charge in [-0.3, -0.25) is 14.4 Å². The van der Waals surface area contributed by atoms with Crippen molar-refractivity contribution in [2.24, 2.45) is 0 Å². The van der Waals surface area contributed by atoms with E-state index in [1.165, 1.54) is 45.5 Å². The van der Waals surface area contributed by atoms with Gasteiger partial charge in [0.25, 0.3) is 5.91 Å². The van der Waals surface area contributed by atoms with Crippen molar-refractivity contribution in [2.75, 3.05) is 31.1 Å². The second kappa shape index (κ2) is 12.2. The van der Waals surface area contributed by atoms with Gasteiger partial charge in [0.2, 0.25) is 11.7 Å². The molecule has 2 aliphatic rings. The van der Waals surface area contributed by atoms with Crippen LogP contribution in [0.2, 0.25) is 5.02 Å². The van der Waals surface area contributed by atoms with Crippen molar-refractivity contribution >= 4 is 45.0 Å². The molecule has 3 heterocycles. The molecule has 0 spiro atoms. The summed E-state index contributed by atoms with van der Waals surface area (Å²) in [6.45, 7) is 0.557. The molecule has 0 bridgehead atoms. The summed E-state index contributed by atoms with van der Waals surface area (Å²) in [6, 6.07) is 14.1. The van der Waals surface area contributed by atoms with Crippen LogP contribution in [0.3, 0.4) is 0 Å². The fraction of sp³-hybridized carbons (Fsp3) is 0.321. The fourth-order valence-electron chi connectivity index (χ4n) is 5.15. The number of hydrogen-bond donors (Lipinski definition) is 1. The zero-order chi connectivity index (χ0) is 30.0. The molecule has 218 valence electrons. The number of benzene rings is 2. The van der Waals surface area contributed by atoms with Crippen LogP contribution in [0.25, 0.3) is 0 Å². The number of carbonyl (C=O) groups excluding carboxylic acids is 2. The van der Waals surface area contributed by atoms with Gasteiger partial charge in [0.15, 0.2) is 15.5 Å². The Kier molecular flexibility index (Phi) is 8.58. The number of thioether (sulfide) groups is 1. The van der Waals surface area contributed by atoms with E-state index in [4.69, 9.17) is 16.9 Å². The van der Waals surface area contributed by atoms with E-state index in [1.54, 1.807) is 17.0 Å². The van der Waals surface area contributed by atoms with Gasteiger partial charge in [-0.2, -0.15) is 10.2 Å². The first-order chi connectivity index (χ1) is 20.1. The van der Waals surface area contributed by atoms with Gasteiger partial charge in [0.05, 0.1) is 39.1 Å². The minimum atomic E-state index is -3.77. The average molecular weight is 628 g/mol. The molecule has 0 radical (unpaired) electrons. The first kappa shape index (κ1) is 29.6. The molecule has 2 aromatic carbocycles. The smallest absolute Gasteiger partial charge is 0.315 e. The van der Waals surface area contributed by atoms with Crippen molar-refractivity contribution < 1.29 is 23.1 Å². The Labute approximate surface area is 251 Å². The summed E-state index contributed by atoms with van der Waals surface area (Å²) >= 11 is 7.53. The molecular weight excluding hydrogens is 602 g/mol. The van der Waals surface area contributed by atoms with Crippen molar-refractivity contribution in [2.45, 2.75) is 35.2 Å². The number of rotatable bonds is 8. The van der Waals surface area contributed by atoms with E-state index in [-0.39, 0.29) is 53.5 Å². The van der Waals surface area contributed by atoms with Crippen LogP contribution in [0.1, 0.15) is 40.8 Å². The number of aromatic nitrogens is 2. The summed E-state index contributed by atoms with van der Waals surface area (Å²) in [7, 11) is -3.77. The monoisotopic (exact) mass is 627 g/mol. The molecule has 3 aromatic rings. The van der Waals surface area contributed by atoms with Crippen LogP contribution in [0.4, 0.5) is 0 Å². The predicted octanol–water partition coefficient (Wildman–Crippen LogP) is 2.86. The van der Waals surface area contributed by atoms with Crippen LogP contribution in [-0.2, 0) is 21.2 Å². The summed E-state index contributed by atoms with van der Waals surface area (Å²) < 4.78 is 27.2. The normalized spacial score (nSPS) is 16.8. The summed E-state index contributed by atoms with van der Waals surface area (Å²) in [6.07, 6.45) is 1.20. The molecule has 1 unspecified atom stereocenters. The molecule has 1 atom stereocenters. The van der Waals surface area contributed by atoms with E-state index in [9.17, 15) is 27.9 Å². The van der Waals surface area contributed by atoms with Gasteiger partial charge in [-0.05, 0) is 49.2 Å². The number of carbonyl (C=O) groups is 2. The molecule has 42 heavy (non-hydrogen) atoms. The summed E-state index contributed by atoms with van der Waals surface area (Å²) in [5, 5.41) is 20.1. The third kappa shape index (κ3) is 5.88. The zero-order valence-corrected chi connectivity index (χ0v) is 24.7. The van der Waals surface area contributed by atoms with Crippen LogP contribution < -0.4 is 5.56 Å². The minimum absolute atomic E-state index is 0.0237. The van der Waals surface area contributed by atoms with Crippen LogP contribution in [-0.4, -0.2) is 75.8 Å². The van der Waals surface area contributed by atoms with Crippen LogP contribution in [0.15, 0.2) is 63.1 Å². The maximum atomic E-state index is 13.5. The third-order valence-corrected chi connectivity index (χ3v) is 10.5. The molecule has 1 fully saturated rings. The van der Waals surface area contributed by atoms with Gasteiger partial charge in [0, 0.05) is 31.1 Å². The van der Waals surface area contributed by atoms with Gasteiger partial charge in [-0.25, -0.2) is 8.42 Å². The molecule has 1 saturated heterocycles. The van der Waals surface area contributed by atoms with Gasteiger partial charge < -0.3 is 19.5 Å². The molecule has 5 rings (SSSR count). The van der Waals surface area contributed by atoms with E-state index >= 15 is 0 Å². The number of nitrogens with zero attached hydrogens (tertiary/aromatic N) is 5. The number of nitriles is 1. The molecule has 0 saturated carbocycles. The highest BCUT2D eigenvalue weighted by Crippen LogP contribution is 2.35. The predicted molar refractivity (Wildman–Crippen MR) is 155 cm³/mol. The van der Waals surface area contributed by atoms with Crippen molar-refractivity contribution in [3.63, 3.8) is 0 Å². The van der Waals surface area contributed by atoms with E-state index in [0.717, 1.165) is 4.90 Å². The second-order valence-corrected chi connectivity index (χ2v) is 13.4. The maximum Gasteiger partial charge on any atom is 0.315 e. The number of halogens is 1. The molecule has 0 aliphatic carbocycles. The lowest BCUT2D eigenvalue weighted by Crippen LogP contribution is -2.46. The number of aromatic hydroxyl groups is 1. The highest BCUT2D eigenvalue weighted by Gasteiger charge is 2.38. The third-order valence-electron chi connectivity index (χ3n) is 7.30. The molecule has 2 aliphatic heterocycles. The number of amides is 2. The van der Waals surface area contributed by atoms with Crippen LogP contribution in [0.5, 0.6) is 5.75 Å². The fourth-order valence-corrected chi connectivity index (χ4v) is 7.52. The Balaban J connectivity index is 1.35. The average Bonchev–Trinajstić information content (AvgIpc) is 3.48. The van der Waals surface area contributed by atoms with Gasteiger partial charge in [0.1, 0.15) is 5.82 Å². The molecule has 14 heteroatoms. The summed E-state index contributed by atoms with van der Waals surface area (Å²) in [5.41, 5.74) is -0.929. The van der Waals surface area contributed by atoms with E-state index in [0.29, 0.717) is 30.0 Å². The molecule has 1 aromatic heterocycles. The Morgan fingerprint density at radius 3 is 2.57 bits per heavy atom. The molecular formula is C28H26ClN5O6S2. The van der Waals surface area contributed by atoms with E-state index in [2.05, 4.69) is 4.98 Å². The quantitative estimate of drug-likeness (QED) is 0.371. The number of hydrogen-bond acceptors (Lipinski definition) is 9. The lowest BCUT2D eigenvalue weighted by molar-refractivity contribution is -0.129. The Morgan fingerprint density at radius 1 is 1.12 bits per heavy atom. The van der Waals surface area contributed by atoms with Crippen molar-refractivity contribution in [1.82, 2.24) is 19.4 Å². The number of likely N-dealkylation sites (tertiary alicyclic amines) is 1. The second-order valence-electron chi connectivity index (χ2n) is 9.84. The zero-order valence-electron chi connectivity index (χ0n) is 22.3. The van der Waals surface area contributed by atoms with Gasteiger partial charge in [-0.15, -0.1) is 11.8 Å². The van der Waals surface area contributed by atoms with Crippen LogP contribution >= 0.6 is 23.4 Å². The maximum absolute atomic E-state index is 13.5. The van der Waals surface area contributed by atoms with Gasteiger partial charge in [-0.1, -0.05) is 23.7 Å². The SMILES string of the molecule is N#Cc1ccc(S(=O)(=O)CCN2CCn3c(C4CCCN4C(=O)CSc4ccccc4Cl)nc(=O)c(O)c3C2=O)cc1. The summed E-state index contributed by atoms with van der Waals surface area (Å²) in [4.78, 5) is 47.2.